The van der Waals surface area contributed by atoms with Gasteiger partial charge in [0.1, 0.15) is 0 Å². The molecule has 1 atom stereocenters. The Morgan fingerprint density at radius 1 is 1.35 bits per heavy atom. The van der Waals surface area contributed by atoms with Crippen molar-refractivity contribution in [3.8, 4) is 6.07 Å². The van der Waals surface area contributed by atoms with Crippen molar-refractivity contribution in [3.63, 3.8) is 0 Å². The van der Waals surface area contributed by atoms with Crippen LogP contribution >= 0.6 is 12.6 Å². The zero-order valence-electron chi connectivity index (χ0n) is 11.3. The van der Waals surface area contributed by atoms with E-state index in [4.69, 9.17) is 5.26 Å². The number of thiol groups is 1. The molecule has 1 unspecified atom stereocenters. The predicted octanol–water partition coefficient (Wildman–Crippen LogP) is 3.35. The molecule has 1 rings (SSSR count). The Balaban J connectivity index is 2.55. The largest absolute Gasteiger partial charge is 0.302 e. The van der Waals surface area contributed by atoms with E-state index in [1.54, 1.807) is 0 Å². The fourth-order valence-electron chi connectivity index (χ4n) is 2.88. The van der Waals surface area contributed by atoms with Gasteiger partial charge in [-0.05, 0) is 37.5 Å². The maximum atomic E-state index is 8.91. The van der Waals surface area contributed by atoms with Crippen LogP contribution in [-0.2, 0) is 0 Å². The zero-order valence-corrected chi connectivity index (χ0v) is 12.2. The number of hydrogen-bond donors (Lipinski definition) is 1. The third-order valence-electron chi connectivity index (χ3n) is 4.01. The van der Waals surface area contributed by atoms with Crippen molar-refractivity contribution in [2.24, 2.45) is 11.3 Å². The van der Waals surface area contributed by atoms with Crippen molar-refractivity contribution in [1.29, 1.82) is 5.26 Å². The van der Waals surface area contributed by atoms with Gasteiger partial charge in [0.05, 0.1) is 12.0 Å². The fraction of sp³-hybridized carbons (Fsp3) is 0.929. The molecule has 0 aromatic carbocycles. The summed E-state index contributed by atoms with van der Waals surface area (Å²) in [5.74, 6) is 1.13. The van der Waals surface area contributed by atoms with Crippen molar-refractivity contribution in [3.05, 3.63) is 0 Å². The van der Waals surface area contributed by atoms with Gasteiger partial charge in [-0.25, -0.2) is 0 Å². The molecule has 98 valence electrons. The molecule has 0 saturated heterocycles. The summed E-state index contributed by atoms with van der Waals surface area (Å²) in [6.45, 7) is 7.28. The highest BCUT2D eigenvalue weighted by Crippen LogP contribution is 2.38. The van der Waals surface area contributed by atoms with Gasteiger partial charge in [-0.2, -0.15) is 17.9 Å². The predicted molar refractivity (Wildman–Crippen MR) is 76.3 cm³/mol. The molecule has 0 bridgehead atoms. The molecule has 17 heavy (non-hydrogen) atoms. The van der Waals surface area contributed by atoms with Crippen LogP contribution in [0.3, 0.4) is 0 Å². The molecule has 0 heterocycles. The van der Waals surface area contributed by atoms with Crippen LogP contribution in [0.1, 0.15) is 46.0 Å². The Labute approximate surface area is 112 Å². The lowest BCUT2D eigenvalue weighted by Crippen LogP contribution is -2.42. The standard InChI is InChI=1S/C14H26N2S/c1-3-16(10-13(2)9-15)11-14(12-17)7-5-4-6-8-14/h13,17H,3-8,10-12H2,1-2H3. The molecule has 0 aromatic rings. The van der Waals surface area contributed by atoms with E-state index in [0.717, 1.165) is 25.4 Å². The minimum absolute atomic E-state index is 0.135. The number of nitriles is 1. The van der Waals surface area contributed by atoms with E-state index in [1.165, 1.54) is 32.1 Å². The summed E-state index contributed by atoms with van der Waals surface area (Å²) in [6, 6.07) is 2.34. The lowest BCUT2D eigenvalue weighted by Gasteiger charge is -2.40. The first-order chi connectivity index (χ1) is 8.15. The average molecular weight is 254 g/mol. The highest BCUT2D eigenvalue weighted by atomic mass is 32.1. The molecule has 0 amide bonds. The van der Waals surface area contributed by atoms with E-state index in [1.807, 2.05) is 6.92 Å². The van der Waals surface area contributed by atoms with Gasteiger partial charge in [-0.15, -0.1) is 0 Å². The van der Waals surface area contributed by atoms with Crippen molar-refractivity contribution in [2.45, 2.75) is 46.0 Å². The summed E-state index contributed by atoms with van der Waals surface area (Å²) >= 11 is 4.58. The monoisotopic (exact) mass is 254 g/mol. The van der Waals surface area contributed by atoms with E-state index in [0.29, 0.717) is 5.41 Å². The van der Waals surface area contributed by atoms with Crippen molar-refractivity contribution >= 4 is 12.6 Å². The van der Waals surface area contributed by atoms with E-state index >= 15 is 0 Å². The molecule has 0 aromatic heterocycles. The first-order valence-corrected chi connectivity index (χ1v) is 7.52. The van der Waals surface area contributed by atoms with Gasteiger partial charge in [0.15, 0.2) is 0 Å². The van der Waals surface area contributed by atoms with Gasteiger partial charge in [0.25, 0.3) is 0 Å². The van der Waals surface area contributed by atoms with Crippen molar-refractivity contribution in [2.75, 3.05) is 25.4 Å². The van der Waals surface area contributed by atoms with Crippen LogP contribution in [0.2, 0.25) is 0 Å². The molecule has 3 heteroatoms. The Hall–Kier alpha value is -0.200. The van der Waals surface area contributed by atoms with E-state index in [2.05, 4.69) is 30.5 Å². The number of hydrogen-bond acceptors (Lipinski definition) is 3. The second kappa shape index (κ2) is 7.28. The summed E-state index contributed by atoms with van der Waals surface area (Å²) in [4.78, 5) is 2.44. The molecule has 2 nitrogen and oxygen atoms in total. The molecule has 0 aliphatic heterocycles. The van der Waals surface area contributed by atoms with E-state index in [9.17, 15) is 0 Å². The van der Waals surface area contributed by atoms with Crippen LogP contribution in [0.15, 0.2) is 0 Å². The van der Waals surface area contributed by atoms with Crippen molar-refractivity contribution in [1.82, 2.24) is 4.90 Å². The molecule has 1 aliphatic rings. The highest BCUT2D eigenvalue weighted by Gasteiger charge is 2.32. The third-order valence-corrected chi connectivity index (χ3v) is 4.68. The topological polar surface area (TPSA) is 27.0 Å². The minimum Gasteiger partial charge on any atom is -0.302 e. The maximum absolute atomic E-state index is 8.91. The molecule has 1 aliphatic carbocycles. The maximum Gasteiger partial charge on any atom is 0.0666 e. The van der Waals surface area contributed by atoms with Gasteiger partial charge in [0.2, 0.25) is 0 Å². The Morgan fingerprint density at radius 2 is 2.00 bits per heavy atom. The first-order valence-electron chi connectivity index (χ1n) is 6.88. The summed E-state index contributed by atoms with van der Waals surface area (Å²) in [5.41, 5.74) is 0.409. The van der Waals surface area contributed by atoms with Crippen molar-refractivity contribution < 1.29 is 0 Å². The minimum atomic E-state index is 0.135. The summed E-state index contributed by atoms with van der Waals surface area (Å²) in [5, 5.41) is 8.91. The van der Waals surface area contributed by atoms with E-state index < -0.39 is 0 Å². The second-order valence-corrected chi connectivity index (χ2v) is 5.89. The number of nitrogens with zero attached hydrogens (tertiary/aromatic N) is 2. The van der Waals surface area contributed by atoms with Crippen LogP contribution in [0, 0.1) is 22.7 Å². The Morgan fingerprint density at radius 3 is 2.47 bits per heavy atom. The van der Waals surface area contributed by atoms with Gasteiger partial charge >= 0.3 is 0 Å². The lowest BCUT2D eigenvalue weighted by atomic mass is 9.75. The first kappa shape index (κ1) is 14.9. The van der Waals surface area contributed by atoms with Gasteiger partial charge in [-0.1, -0.05) is 26.2 Å². The highest BCUT2D eigenvalue weighted by molar-refractivity contribution is 7.80. The quantitative estimate of drug-likeness (QED) is 0.736. The molecule has 0 spiro atoms. The molecular weight excluding hydrogens is 228 g/mol. The average Bonchev–Trinajstić information content (AvgIpc) is 2.38. The summed E-state index contributed by atoms with van der Waals surface area (Å²) in [6.07, 6.45) is 6.72. The molecule has 0 radical (unpaired) electrons. The lowest BCUT2D eigenvalue weighted by molar-refractivity contribution is 0.124. The molecule has 0 N–H and O–H groups in total. The van der Waals surface area contributed by atoms with Crippen LogP contribution in [0.4, 0.5) is 0 Å². The molecule has 1 saturated carbocycles. The zero-order chi connectivity index (χ0) is 12.7. The van der Waals surface area contributed by atoms with Crippen LogP contribution in [-0.4, -0.2) is 30.3 Å². The molecular formula is C14H26N2S. The number of rotatable bonds is 6. The van der Waals surface area contributed by atoms with E-state index in [-0.39, 0.29) is 5.92 Å². The van der Waals surface area contributed by atoms with Crippen LogP contribution < -0.4 is 0 Å². The summed E-state index contributed by atoms with van der Waals surface area (Å²) < 4.78 is 0. The third kappa shape index (κ3) is 4.52. The van der Waals surface area contributed by atoms with Gasteiger partial charge in [0, 0.05) is 13.1 Å². The Bertz CT molecular complexity index is 253. The van der Waals surface area contributed by atoms with Gasteiger partial charge in [-0.3, -0.25) is 0 Å². The van der Waals surface area contributed by atoms with Crippen LogP contribution in [0.25, 0.3) is 0 Å². The SMILES string of the molecule is CCN(CC(C)C#N)CC1(CS)CCCCC1. The fourth-order valence-corrected chi connectivity index (χ4v) is 3.29. The Kier molecular flexibility index (Phi) is 6.37. The smallest absolute Gasteiger partial charge is 0.0666 e. The van der Waals surface area contributed by atoms with Crippen LogP contribution in [0.5, 0.6) is 0 Å². The summed E-state index contributed by atoms with van der Waals surface area (Å²) in [7, 11) is 0. The normalized spacial score (nSPS) is 21.1. The molecule has 1 fully saturated rings. The van der Waals surface area contributed by atoms with Gasteiger partial charge < -0.3 is 4.90 Å². The second-order valence-electron chi connectivity index (χ2n) is 5.58.